The maximum atomic E-state index is 12.9. The molecular formula is C21H22FNO3. The minimum absolute atomic E-state index is 0.0603. The predicted molar refractivity (Wildman–Crippen MR) is 98.1 cm³/mol. The number of piperidine rings is 1. The summed E-state index contributed by atoms with van der Waals surface area (Å²) in [4.78, 5) is 14.1. The second-order valence-electron chi connectivity index (χ2n) is 6.57. The molecule has 2 aromatic carbocycles. The van der Waals surface area contributed by atoms with Gasteiger partial charge in [0.25, 0.3) is 0 Å². The first-order valence-corrected chi connectivity index (χ1v) is 8.67. The molecule has 0 bridgehead atoms. The van der Waals surface area contributed by atoms with Crippen LogP contribution >= 0.6 is 0 Å². The van der Waals surface area contributed by atoms with E-state index in [2.05, 4.69) is 0 Å². The number of amides is 1. The van der Waals surface area contributed by atoms with Crippen molar-refractivity contribution < 1.29 is 19.0 Å². The standard InChI is InChI=1S/C21H22FNO3/c22-18-8-10-19(11-9-18)26-16-21(25)13-4-14-23(15-21)20(24)12-7-17-5-2-1-3-6-17/h1-3,5-12,25H,4,13-16H2/b12-7+. The Hall–Kier alpha value is -2.66. The van der Waals surface area contributed by atoms with E-state index in [1.54, 1.807) is 11.0 Å². The zero-order valence-corrected chi connectivity index (χ0v) is 14.5. The summed E-state index contributed by atoms with van der Waals surface area (Å²) in [6.45, 7) is 0.883. The van der Waals surface area contributed by atoms with E-state index in [1.165, 1.54) is 30.3 Å². The second-order valence-corrected chi connectivity index (χ2v) is 6.57. The van der Waals surface area contributed by atoms with Crippen LogP contribution in [0.4, 0.5) is 4.39 Å². The van der Waals surface area contributed by atoms with Crippen LogP contribution in [0.5, 0.6) is 5.75 Å². The van der Waals surface area contributed by atoms with E-state index >= 15 is 0 Å². The highest BCUT2D eigenvalue weighted by Gasteiger charge is 2.35. The van der Waals surface area contributed by atoms with E-state index in [0.29, 0.717) is 25.1 Å². The van der Waals surface area contributed by atoms with Gasteiger partial charge in [0.15, 0.2) is 0 Å². The van der Waals surface area contributed by atoms with Crippen molar-refractivity contribution in [3.63, 3.8) is 0 Å². The number of aliphatic hydroxyl groups is 1. The summed E-state index contributed by atoms with van der Waals surface area (Å²) in [5, 5.41) is 10.8. The molecule has 1 saturated heterocycles. The Morgan fingerprint density at radius 3 is 2.65 bits per heavy atom. The molecule has 0 saturated carbocycles. The fraction of sp³-hybridized carbons (Fsp3) is 0.286. The first-order chi connectivity index (χ1) is 12.5. The zero-order chi connectivity index (χ0) is 18.4. The number of ether oxygens (including phenoxy) is 1. The lowest BCUT2D eigenvalue weighted by atomic mass is 9.93. The summed E-state index contributed by atoms with van der Waals surface area (Å²) in [6, 6.07) is 15.3. The Morgan fingerprint density at radius 2 is 1.92 bits per heavy atom. The molecule has 1 unspecified atom stereocenters. The molecule has 136 valence electrons. The molecular weight excluding hydrogens is 333 g/mol. The number of likely N-dealkylation sites (tertiary alicyclic amines) is 1. The lowest BCUT2D eigenvalue weighted by Gasteiger charge is -2.38. The SMILES string of the molecule is O=C(/C=C/c1ccccc1)N1CCCC(O)(COc2ccc(F)cc2)C1. The Morgan fingerprint density at radius 1 is 1.19 bits per heavy atom. The summed E-state index contributed by atoms with van der Waals surface area (Å²) in [5.41, 5.74) is -0.157. The molecule has 1 amide bonds. The molecule has 3 rings (SSSR count). The number of hydrogen-bond donors (Lipinski definition) is 1. The first kappa shape index (κ1) is 18.1. The first-order valence-electron chi connectivity index (χ1n) is 8.67. The van der Waals surface area contributed by atoms with Gasteiger partial charge < -0.3 is 14.7 Å². The molecule has 0 radical (unpaired) electrons. The van der Waals surface area contributed by atoms with Gasteiger partial charge in [-0.05, 0) is 48.7 Å². The van der Waals surface area contributed by atoms with Crippen molar-refractivity contribution in [3.05, 3.63) is 72.1 Å². The van der Waals surface area contributed by atoms with Gasteiger partial charge in [-0.3, -0.25) is 4.79 Å². The quantitative estimate of drug-likeness (QED) is 0.838. The van der Waals surface area contributed by atoms with Crippen molar-refractivity contribution in [2.75, 3.05) is 19.7 Å². The Labute approximate surface area is 152 Å². The fourth-order valence-electron chi connectivity index (χ4n) is 3.00. The molecule has 0 aliphatic carbocycles. The van der Waals surface area contributed by atoms with Gasteiger partial charge in [0.2, 0.25) is 5.91 Å². The van der Waals surface area contributed by atoms with Gasteiger partial charge in [-0.1, -0.05) is 30.3 Å². The molecule has 1 N–H and O–H groups in total. The van der Waals surface area contributed by atoms with Crippen LogP contribution in [0.25, 0.3) is 6.08 Å². The molecule has 26 heavy (non-hydrogen) atoms. The van der Waals surface area contributed by atoms with Crippen molar-refractivity contribution in [1.29, 1.82) is 0 Å². The number of halogens is 1. The van der Waals surface area contributed by atoms with Crippen LogP contribution in [0.1, 0.15) is 18.4 Å². The lowest BCUT2D eigenvalue weighted by Crippen LogP contribution is -2.53. The van der Waals surface area contributed by atoms with Crippen molar-refractivity contribution in [2.45, 2.75) is 18.4 Å². The van der Waals surface area contributed by atoms with Gasteiger partial charge >= 0.3 is 0 Å². The van der Waals surface area contributed by atoms with E-state index < -0.39 is 5.60 Å². The fourth-order valence-corrected chi connectivity index (χ4v) is 3.00. The molecule has 1 aliphatic rings. The van der Waals surface area contributed by atoms with E-state index in [0.717, 1.165) is 5.56 Å². The van der Waals surface area contributed by atoms with E-state index in [9.17, 15) is 14.3 Å². The third-order valence-corrected chi connectivity index (χ3v) is 4.41. The molecule has 5 heteroatoms. The molecule has 1 atom stereocenters. The molecule has 1 fully saturated rings. The third-order valence-electron chi connectivity index (χ3n) is 4.41. The minimum atomic E-state index is -1.11. The summed E-state index contributed by atoms with van der Waals surface area (Å²) in [5.74, 6) is 0.0247. The predicted octanol–water partition coefficient (Wildman–Crippen LogP) is 3.27. The van der Waals surface area contributed by atoms with Crippen molar-refractivity contribution >= 4 is 12.0 Å². The summed E-state index contributed by atoms with van der Waals surface area (Å²) >= 11 is 0. The maximum absolute atomic E-state index is 12.9. The van der Waals surface area contributed by atoms with Crippen LogP contribution in [0, 0.1) is 5.82 Å². The summed E-state index contributed by atoms with van der Waals surface area (Å²) in [7, 11) is 0. The third kappa shape index (κ3) is 4.92. The van der Waals surface area contributed by atoms with E-state index in [1.807, 2.05) is 30.3 Å². The number of carbonyl (C=O) groups excluding carboxylic acids is 1. The monoisotopic (exact) mass is 355 g/mol. The molecule has 0 spiro atoms. The van der Waals surface area contributed by atoms with Gasteiger partial charge in [-0.2, -0.15) is 0 Å². The largest absolute Gasteiger partial charge is 0.491 e. The van der Waals surface area contributed by atoms with Gasteiger partial charge in [0.05, 0.1) is 6.54 Å². The Balaban J connectivity index is 1.57. The van der Waals surface area contributed by atoms with Gasteiger partial charge in [0.1, 0.15) is 23.8 Å². The lowest BCUT2D eigenvalue weighted by molar-refractivity contribution is -0.134. The van der Waals surface area contributed by atoms with Crippen LogP contribution in [0.2, 0.25) is 0 Å². The average Bonchev–Trinajstić information content (AvgIpc) is 2.66. The number of β-amino-alcohol motifs (C(OH)–C–C–N with tert-alkyl or cyclic N) is 1. The molecule has 1 aliphatic heterocycles. The molecule has 4 nitrogen and oxygen atoms in total. The van der Waals surface area contributed by atoms with Gasteiger partial charge in [-0.25, -0.2) is 4.39 Å². The summed E-state index contributed by atoms with van der Waals surface area (Å²) < 4.78 is 18.5. The highest BCUT2D eigenvalue weighted by Crippen LogP contribution is 2.23. The number of hydrogen-bond acceptors (Lipinski definition) is 3. The zero-order valence-electron chi connectivity index (χ0n) is 14.5. The van der Waals surface area contributed by atoms with Gasteiger partial charge in [0, 0.05) is 12.6 Å². The van der Waals surface area contributed by atoms with Crippen LogP contribution in [-0.4, -0.2) is 41.2 Å². The smallest absolute Gasteiger partial charge is 0.246 e. The van der Waals surface area contributed by atoms with Crippen molar-refractivity contribution in [3.8, 4) is 5.75 Å². The Bertz CT molecular complexity index is 761. The van der Waals surface area contributed by atoms with Crippen LogP contribution < -0.4 is 4.74 Å². The average molecular weight is 355 g/mol. The van der Waals surface area contributed by atoms with Gasteiger partial charge in [-0.15, -0.1) is 0 Å². The van der Waals surface area contributed by atoms with E-state index in [-0.39, 0.29) is 24.9 Å². The second kappa shape index (κ2) is 8.15. The molecule has 0 aromatic heterocycles. The summed E-state index contributed by atoms with van der Waals surface area (Å²) in [6.07, 6.45) is 4.56. The van der Waals surface area contributed by atoms with Crippen LogP contribution in [0.15, 0.2) is 60.7 Å². The topological polar surface area (TPSA) is 49.8 Å². The normalized spacial score (nSPS) is 20.3. The van der Waals surface area contributed by atoms with Crippen LogP contribution in [-0.2, 0) is 4.79 Å². The number of nitrogens with zero attached hydrogens (tertiary/aromatic N) is 1. The molecule has 1 heterocycles. The van der Waals surface area contributed by atoms with Crippen LogP contribution in [0.3, 0.4) is 0 Å². The van der Waals surface area contributed by atoms with Crippen molar-refractivity contribution in [1.82, 2.24) is 4.90 Å². The minimum Gasteiger partial charge on any atom is -0.491 e. The molecule has 2 aromatic rings. The Kier molecular flexibility index (Phi) is 5.68. The van der Waals surface area contributed by atoms with E-state index in [4.69, 9.17) is 4.74 Å². The maximum Gasteiger partial charge on any atom is 0.246 e. The number of benzene rings is 2. The highest BCUT2D eigenvalue weighted by atomic mass is 19.1. The highest BCUT2D eigenvalue weighted by molar-refractivity contribution is 5.91. The number of rotatable bonds is 5. The number of carbonyl (C=O) groups is 1. The van der Waals surface area contributed by atoms with Crippen molar-refractivity contribution in [2.24, 2.45) is 0 Å².